The van der Waals surface area contributed by atoms with Crippen molar-refractivity contribution in [1.82, 2.24) is 0 Å². The first-order valence-corrected chi connectivity index (χ1v) is 7.92. The van der Waals surface area contributed by atoms with E-state index in [-0.39, 0.29) is 5.82 Å². The van der Waals surface area contributed by atoms with Crippen molar-refractivity contribution >= 4 is 12.6 Å². The molecule has 1 fully saturated rings. The Morgan fingerprint density at radius 1 is 0.913 bits per heavy atom. The van der Waals surface area contributed by atoms with Gasteiger partial charge in [-0.25, -0.2) is 4.39 Å². The highest BCUT2D eigenvalue weighted by Gasteiger charge is 2.52. The molecule has 4 heteroatoms. The molecule has 1 heterocycles. The first kappa shape index (κ1) is 16.2. The second-order valence-corrected chi connectivity index (χ2v) is 7.16. The molecule has 0 aromatic heterocycles. The van der Waals surface area contributed by atoms with Crippen LogP contribution in [0.1, 0.15) is 33.3 Å². The van der Waals surface area contributed by atoms with Crippen LogP contribution < -0.4 is 5.46 Å². The third kappa shape index (κ3) is 2.82. The number of rotatable bonds is 2. The molecule has 0 aliphatic carbocycles. The van der Waals surface area contributed by atoms with Crippen molar-refractivity contribution in [3.8, 4) is 11.1 Å². The lowest BCUT2D eigenvalue weighted by Crippen LogP contribution is -2.41. The summed E-state index contributed by atoms with van der Waals surface area (Å²) in [5.41, 5.74) is 2.31. The fraction of sp³-hybridized carbons (Fsp3) is 0.368. The van der Waals surface area contributed by atoms with Crippen LogP contribution in [0.25, 0.3) is 11.1 Å². The Morgan fingerprint density at radius 2 is 1.52 bits per heavy atom. The molecule has 0 N–H and O–H groups in total. The monoisotopic (exact) mass is 312 g/mol. The lowest BCUT2D eigenvalue weighted by atomic mass is 9.74. The SMILES string of the molecule is Cc1cccc(-c2c(F)cccc2B2OC(C)(C)C(C)(C)O2)c1. The number of halogens is 1. The minimum Gasteiger partial charge on any atom is -0.399 e. The number of benzene rings is 2. The summed E-state index contributed by atoms with van der Waals surface area (Å²) in [6.07, 6.45) is 0. The molecule has 0 unspecified atom stereocenters. The van der Waals surface area contributed by atoms with Gasteiger partial charge in [-0.05, 0) is 51.7 Å². The van der Waals surface area contributed by atoms with Crippen LogP contribution in [0.4, 0.5) is 4.39 Å². The van der Waals surface area contributed by atoms with Gasteiger partial charge in [0.25, 0.3) is 0 Å². The molecule has 0 atom stereocenters. The lowest BCUT2D eigenvalue weighted by molar-refractivity contribution is 0.00578. The van der Waals surface area contributed by atoms with Crippen LogP contribution in [0.5, 0.6) is 0 Å². The van der Waals surface area contributed by atoms with E-state index in [4.69, 9.17) is 9.31 Å². The van der Waals surface area contributed by atoms with Crippen LogP contribution in [-0.4, -0.2) is 18.3 Å². The van der Waals surface area contributed by atoms with Crippen LogP contribution in [-0.2, 0) is 9.31 Å². The van der Waals surface area contributed by atoms with Crippen molar-refractivity contribution in [3.05, 3.63) is 53.8 Å². The van der Waals surface area contributed by atoms with Gasteiger partial charge in [-0.15, -0.1) is 0 Å². The van der Waals surface area contributed by atoms with Crippen LogP contribution in [0, 0.1) is 12.7 Å². The molecule has 2 aromatic rings. The van der Waals surface area contributed by atoms with Crippen LogP contribution >= 0.6 is 0 Å². The van der Waals surface area contributed by atoms with Gasteiger partial charge in [-0.2, -0.15) is 0 Å². The van der Waals surface area contributed by atoms with E-state index in [0.29, 0.717) is 5.56 Å². The fourth-order valence-electron chi connectivity index (χ4n) is 2.81. The second-order valence-electron chi connectivity index (χ2n) is 7.16. The average Bonchev–Trinajstić information content (AvgIpc) is 2.67. The Bertz CT molecular complexity index is 724. The fourth-order valence-corrected chi connectivity index (χ4v) is 2.81. The minimum absolute atomic E-state index is 0.261. The highest BCUT2D eigenvalue weighted by Crippen LogP contribution is 2.37. The lowest BCUT2D eigenvalue weighted by Gasteiger charge is -2.32. The zero-order chi connectivity index (χ0) is 16.8. The molecule has 1 saturated heterocycles. The van der Waals surface area contributed by atoms with E-state index < -0.39 is 18.3 Å². The number of hydrogen-bond donors (Lipinski definition) is 0. The summed E-state index contributed by atoms with van der Waals surface area (Å²) in [5, 5.41) is 0. The quantitative estimate of drug-likeness (QED) is 0.777. The van der Waals surface area contributed by atoms with Gasteiger partial charge in [0.05, 0.1) is 11.2 Å². The number of hydrogen-bond acceptors (Lipinski definition) is 2. The van der Waals surface area contributed by atoms with Gasteiger partial charge in [0.15, 0.2) is 0 Å². The zero-order valence-electron chi connectivity index (χ0n) is 14.3. The highest BCUT2D eigenvalue weighted by molar-refractivity contribution is 6.63. The average molecular weight is 312 g/mol. The second kappa shape index (κ2) is 5.46. The molecule has 0 saturated carbocycles. The van der Waals surface area contributed by atoms with Crippen molar-refractivity contribution < 1.29 is 13.7 Å². The summed E-state index contributed by atoms with van der Waals surface area (Å²) >= 11 is 0. The van der Waals surface area contributed by atoms with Gasteiger partial charge < -0.3 is 9.31 Å². The zero-order valence-corrected chi connectivity index (χ0v) is 14.3. The Morgan fingerprint density at radius 3 is 2.13 bits per heavy atom. The topological polar surface area (TPSA) is 18.5 Å². The van der Waals surface area contributed by atoms with Crippen LogP contribution in [0.15, 0.2) is 42.5 Å². The third-order valence-corrected chi connectivity index (χ3v) is 4.86. The maximum atomic E-state index is 14.6. The maximum absolute atomic E-state index is 14.6. The predicted octanol–water partition coefficient (Wildman–Crippen LogP) is 4.10. The largest absolute Gasteiger partial charge is 0.495 e. The Balaban J connectivity index is 2.10. The normalized spacial score (nSPS) is 19.1. The molecule has 0 radical (unpaired) electrons. The van der Waals surface area contributed by atoms with Crippen LogP contribution in [0.2, 0.25) is 0 Å². The predicted molar refractivity (Wildman–Crippen MR) is 92.3 cm³/mol. The van der Waals surface area contributed by atoms with Gasteiger partial charge in [0.1, 0.15) is 5.82 Å². The number of aryl methyl sites for hydroxylation is 1. The molecule has 2 nitrogen and oxygen atoms in total. The molecule has 2 aromatic carbocycles. The Kier molecular flexibility index (Phi) is 3.85. The van der Waals surface area contributed by atoms with E-state index in [0.717, 1.165) is 16.6 Å². The molecule has 0 bridgehead atoms. The van der Waals surface area contributed by atoms with E-state index in [1.54, 1.807) is 6.07 Å². The molecule has 0 spiro atoms. The Hall–Kier alpha value is -1.65. The van der Waals surface area contributed by atoms with E-state index in [1.807, 2.05) is 65.0 Å². The summed E-state index contributed by atoms with van der Waals surface area (Å²) in [6.45, 7) is 9.99. The summed E-state index contributed by atoms with van der Waals surface area (Å²) in [6, 6.07) is 12.9. The van der Waals surface area contributed by atoms with E-state index >= 15 is 0 Å². The van der Waals surface area contributed by atoms with E-state index in [9.17, 15) is 4.39 Å². The van der Waals surface area contributed by atoms with Crippen molar-refractivity contribution in [1.29, 1.82) is 0 Å². The highest BCUT2D eigenvalue weighted by atomic mass is 19.1. The summed E-state index contributed by atoms with van der Waals surface area (Å²) in [5.74, 6) is -0.261. The van der Waals surface area contributed by atoms with Crippen molar-refractivity contribution in [3.63, 3.8) is 0 Å². The summed E-state index contributed by atoms with van der Waals surface area (Å²) < 4.78 is 26.8. The van der Waals surface area contributed by atoms with Crippen molar-refractivity contribution in [2.75, 3.05) is 0 Å². The minimum atomic E-state index is -0.578. The van der Waals surface area contributed by atoms with E-state index in [1.165, 1.54) is 6.07 Å². The Labute approximate surface area is 137 Å². The van der Waals surface area contributed by atoms with Gasteiger partial charge >= 0.3 is 7.12 Å². The maximum Gasteiger partial charge on any atom is 0.495 e. The molecule has 120 valence electrons. The molecule has 3 rings (SSSR count). The smallest absolute Gasteiger partial charge is 0.399 e. The van der Waals surface area contributed by atoms with E-state index in [2.05, 4.69) is 0 Å². The van der Waals surface area contributed by atoms with Gasteiger partial charge in [0.2, 0.25) is 0 Å². The molecule has 0 amide bonds. The molecule has 1 aliphatic rings. The van der Waals surface area contributed by atoms with Crippen molar-refractivity contribution in [2.24, 2.45) is 0 Å². The molecular formula is C19H22BFO2. The van der Waals surface area contributed by atoms with Gasteiger partial charge in [-0.1, -0.05) is 42.0 Å². The standard InChI is InChI=1S/C19H22BFO2/c1-13-8-6-9-14(12-13)17-15(10-7-11-16(17)21)20-22-18(2,3)19(4,5)23-20/h6-12H,1-5H3. The van der Waals surface area contributed by atoms with Crippen molar-refractivity contribution in [2.45, 2.75) is 45.8 Å². The summed E-state index contributed by atoms with van der Waals surface area (Å²) in [7, 11) is -0.578. The molecular weight excluding hydrogens is 290 g/mol. The third-order valence-electron chi connectivity index (χ3n) is 4.86. The van der Waals surface area contributed by atoms with Gasteiger partial charge in [-0.3, -0.25) is 0 Å². The first-order valence-electron chi connectivity index (χ1n) is 7.92. The molecule has 1 aliphatic heterocycles. The first-order chi connectivity index (χ1) is 10.7. The van der Waals surface area contributed by atoms with Gasteiger partial charge in [0, 0.05) is 5.56 Å². The molecule has 23 heavy (non-hydrogen) atoms. The summed E-state index contributed by atoms with van der Waals surface area (Å²) in [4.78, 5) is 0. The van der Waals surface area contributed by atoms with Crippen LogP contribution in [0.3, 0.4) is 0 Å².